The number of nitrogens with one attached hydrogen (secondary N) is 1. The second kappa shape index (κ2) is 7.43. The number of anilines is 1. The fourth-order valence-electron chi connectivity index (χ4n) is 2.47. The summed E-state index contributed by atoms with van der Waals surface area (Å²) >= 11 is 7.38. The maximum Gasteiger partial charge on any atom is 0.265 e. The molecular formula is C19H16ClFN2O2S. The molecule has 0 spiro atoms. The standard InChI is InChI=1S/C19H16ClFN2O2S/c1-11-3-6-13(7-4-11)22-16(24)10-23(2)19(25)18-17(20)14-8-5-12(21)9-15(14)26-18/h3-9H,10H2,1-2H3,(H,22,24). The number of aryl methyl sites for hydroxylation is 1. The van der Waals surface area contributed by atoms with E-state index < -0.39 is 0 Å². The number of likely N-dealkylation sites (N-methyl/N-ethyl adjacent to an activating group) is 1. The number of thiophene rings is 1. The molecule has 134 valence electrons. The maximum atomic E-state index is 13.4. The Balaban J connectivity index is 1.72. The molecule has 0 saturated carbocycles. The Kier molecular flexibility index (Phi) is 5.25. The number of halogens is 2. The number of carbonyl (C=O) groups is 2. The molecule has 2 amide bonds. The minimum absolute atomic E-state index is 0.119. The summed E-state index contributed by atoms with van der Waals surface area (Å²) in [6.45, 7) is 1.84. The predicted molar refractivity (Wildman–Crippen MR) is 104 cm³/mol. The molecule has 1 heterocycles. The minimum atomic E-state index is -0.389. The van der Waals surface area contributed by atoms with Crippen molar-refractivity contribution in [1.82, 2.24) is 4.90 Å². The molecular weight excluding hydrogens is 375 g/mol. The summed E-state index contributed by atoms with van der Waals surface area (Å²) in [5, 5.41) is 3.65. The number of carbonyl (C=O) groups excluding carboxylic acids is 2. The first-order chi connectivity index (χ1) is 12.3. The summed E-state index contributed by atoms with van der Waals surface area (Å²) in [4.78, 5) is 26.4. The van der Waals surface area contributed by atoms with Crippen LogP contribution in [0.3, 0.4) is 0 Å². The van der Waals surface area contributed by atoms with Crippen molar-refractivity contribution in [3.63, 3.8) is 0 Å². The molecule has 0 radical (unpaired) electrons. The van der Waals surface area contributed by atoms with Gasteiger partial charge >= 0.3 is 0 Å². The van der Waals surface area contributed by atoms with Crippen molar-refractivity contribution < 1.29 is 14.0 Å². The molecule has 1 N–H and O–H groups in total. The predicted octanol–water partition coefficient (Wildman–Crippen LogP) is 4.71. The zero-order valence-electron chi connectivity index (χ0n) is 14.2. The van der Waals surface area contributed by atoms with E-state index >= 15 is 0 Å². The van der Waals surface area contributed by atoms with E-state index in [9.17, 15) is 14.0 Å². The smallest absolute Gasteiger partial charge is 0.265 e. The van der Waals surface area contributed by atoms with E-state index in [0.717, 1.165) is 16.9 Å². The van der Waals surface area contributed by atoms with Crippen LogP contribution in [-0.4, -0.2) is 30.3 Å². The summed E-state index contributed by atoms with van der Waals surface area (Å²) < 4.78 is 13.9. The second-order valence-corrected chi connectivity index (χ2v) is 7.39. The van der Waals surface area contributed by atoms with Gasteiger partial charge in [-0.25, -0.2) is 4.39 Å². The van der Waals surface area contributed by atoms with Crippen molar-refractivity contribution in [2.75, 3.05) is 18.9 Å². The molecule has 0 atom stereocenters. The van der Waals surface area contributed by atoms with E-state index in [1.807, 2.05) is 19.1 Å². The third-order valence-corrected chi connectivity index (χ3v) is 5.49. The highest BCUT2D eigenvalue weighted by Crippen LogP contribution is 2.36. The van der Waals surface area contributed by atoms with Crippen LogP contribution in [0.15, 0.2) is 42.5 Å². The summed E-state index contributed by atoms with van der Waals surface area (Å²) in [6, 6.07) is 11.6. The van der Waals surface area contributed by atoms with Crippen LogP contribution >= 0.6 is 22.9 Å². The van der Waals surface area contributed by atoms with Gasteiger partial charge in [-0.1, -0.05) is 29.3 Å². The van der Waals surface area contributed by atoms with Gasteiger partial charge in [-0.2, -0.15) is 0 Å². The van der Waals surface area contributed by atoms with Crippen LogP contribution in [0.2, 0.25) is 5.02 Å². The van der Waals surface area contributed by atoms with Crippen molar-refractivity contribution in [2.45, 2.75) is 6.92 Å². The monoisotopic (exact) mass is 390 g/mol. The molecule has 0 unspecified atom stereocenters. The molecule has 4 nitrogen and oxygen atoms in total. The fraction of sp³-hybridized carbons (Fsp3) is 0.158. The molecule has 0 saturated heterocycles. The molecule has 0 aliphatic rings. The van der Waals surface area contributed by atoms with Gasteiger partial charge < -0.3 is 10.2 Å². The van der Waals surface area contributed by atoms with Gasteiger partial charge in [-0.05, 0) is 37.3 Å². The fourth-order valence-corrected chi connectivity index (χ4v) is 4.01. The Labute approximate surface area is 159 Å². The number of amides is 2. The third kappa shape index (κ3) is 3.86. The van der Waals surface area contributed by atoms with Crippen LogP contribution in [0.1, 0.15) is 15.2 Å². The molecule has 0 aliphatic carbocycles. The van der Waals surface area contributed by atoms with E-state index in [1.165, 1.54) is 24.1 Å². The highest BCUT2D eigenvalue weighted by atomic mass is 35.5. The van der Waals surface area contributed by atoms with E-state index in [4.69, 9.17) is 11.6 Å². The summed E-state index contributed by atoms with van der Waals surface area (Å²) in [5.41, 5.74) is 1.75. The van der Waals surface area contributed by atoms with Gasteiger partial charge in [0.15, 0.2) is 0 Å². The summed E-state index contributed by atoms with van der Waals surface area (Å²) in [6.07, 6.45) is 0. The molecule has 7 heteroatoms. The van der Waals surface area contributed by atoms with Crippen LogP contribution in [-0.2, 0) is 4.79 Å². The van der Waals surface area contributed by atoms with Crippen LogP contribution in [0.5, 0.6) is 0 Å². The zero-order valence-corrected chi connectivity index (χ0v) is 15.7. The molecule has 0 aliphatic heterocycles. The van der Waals surface area contributed by atoms with E-state index in [-0.39, 0.29) is 34.1 Å². The normalized spacial score (nSPS) is 10.8. The van der Waals surface area contributed by atoms with Crippen LogP contribution in [0, 0.1) is 12.7 Å². The maximum absolute atomic E-state index is 13.4. The molecule has 0 bridgehead atoms. The molecule has 0 fully saturated rings. The lowest BCUT2D eigenvalue weighted by molar-refractivity contribution is -0.116. The Bertz CT molecular complexity index is 985. The summed E-state index contributed by atoms with van der Waals surface area (Å²) in [5.74, 6) is -1.08. The van der Waals surface area contributed by atoms with E-state index in [1.54, 1.807) is 18.2 Å². The van der Waals surface area contributed by atoms with Crippen molar-refractivity contribution in [3.8, 4) is 0 Å². The van der Waals surface area contributed by atoms with Gasteiger partial charge in [-0.15, -0.1) is 11.3 Å². The Morgan fingerprint density at radius 2 is 1.88 bits per heavy atom. The SMILES string of the molecule is Cc1ccc(NC(=O)CN(C)C(=O)c2sc3cc(F)ccc3c2Cl)cc1. The zero-order chi connectivity index (χ0) is 18.8. The largest absolute Gasteiger partial charge is 0.332 e. The quantitative estimate of drug-likeness (QED) is 0.701. The number of benzene rings is 2. The van der Waals surface area contributed by atoms with Crippen molar-refractivity contribution in [1.29, 1.82) is 0 Å². The Morgan fingerprint density at radius 1 is 1.19 bits per heavy atom. The Hall–Kier alpha value is -2.44. The first-order valence-corrected chi connectivity index (χ1v) is 9.04. The van der Waals surface area contributed by atoms with Crippen molar-refractivity contribution >= 4 is 50.5 Å². The Morgan fingerprint density at radius 3 is 2.58 bits per heavy atom. The van der Waals surface area contributed by atoms with Crippen molar-refractivity contribution in [3.05, 3.63) is 63.7 Å². The average molecular weight is 391 g/mol. The van der Waals surface area contributed by atoms with Crippen LogP contribution in [0.25, 0.3) is 10.1 Å². The van der Waals surface area contributed by atoms with Gasteiger partial charge in [0.25, 0.3) is 5.91 Å². The van der Waals surface area contributed by atoms with E-state index in [2.05, 4.69) is 5.32 Å². The average Bonchev–Trinajstić information content (AvgIpc) is 2.92. The second-order valence-electron chi connectivity index (χ2n) is 5.96. The molecule has 1 aromatic heterocycles. The minimum Gasteiger partial charge on any atom is -0.332 e. The number of nitrogens with zero attached hydrogens (tertiary/aromatic N) is 1. The number of rotatable bonds is 4. The first kappa shape index (κ1) is 18.4. The van der Waals surface area contributed by atoms with E-state index in [0.29, 0.717) is 15.8 Å². The lowest BCUT2D eigenvalue weighted by Gasteiger charge is -2.16. The summed E-state index contributed by atoms with van der Waals surface area (Å²) in [7, 11) is 1.53. The van der Waals surface area contributed by atoms with Crippen LogP contribution < -0.4 is 5.32 Å². The molecule has 3 rings (SSSR count). The number of hydrogen-bond donors (Lipinski definition) is 1. The lowest BCUT2D eigenvalue weighted by Crippen LogP contribution is -2.34. The van der Waals surface area contributed by atoms with Gasteiger partial charge in [0.1, 0.15) is 10.7 Å². The van der Waals surface area contributed by atoms with Gasteiger partial charge in [0.2, 0.25) is 5.91 Å². The molecule has 3 aromatic rings. The first-order valence-electron chi connectivity index (χ1n) is 7.84. The number of hydrogen-bond acceptors (Lipinski definition) is 3. The number of fused-ring (bicyclic) bond motifs is 1. The van der Waals surface area contributed by atoms with Gasteiger partial charge in [0.05, 0.1) is 11.6 Å². The van der Waals surface area contributed by atoms with Crippen LogP contribution in [0.4, 0.5) is 10.1 Å². The highest BCUT2D eigenvalue weighted by molar-refractivity contribution is 7.21. The topological polar surface area (TPSA) is 49.4 Å². The lowest BCUT2D eigenvalue weighted by atomic mass is 10.2. The molecule has 2 aromatic carbocycles. The van der Waals surface area contributed by atoms with Gasteiger partial charge in [0, 0.05) is 22.8 Å². The molecule has 26 heavy (non-hydrogen) atoms. The van der Waals surface area contributed by atoms with Crippen molar-refractivity contribution in [2.24, 2.45) is 0 Å². The third-order valence-electron chi connectivity index (χ3n) is 3.85. The van der Waals surface area contributed by atoms with Gasteiger partial charge in [-0.3, -0.25) is 9.59 Å². The highest BCUT2D eigenvalue weighted by Gasteiger charge is 2.22.